The monoisotopic (exact) mass is 473 g/mol. The molecular formula is C25H25Cl2NO4. The molecule has 0 aromatic heterocycles. The van der Waals surface area contributed by atoms with Gasteiger partial charge in [-0.1, -0.05) is 35.3 Å². The Labute approximate surface area is 198 Å². The summed E-state index contributed by atoms with van der Waals surface area (Å²) < 4.78 is 16.7. The molecule has 0 saturated heterocycles. The lowest BCUT2D eigenvalue weighted by Gasteiger charge is -2.15. The third kappa shape index (κ3) is 6.31. The highest BCUT2D eigenvalue weighted by Crippen LogP contribution is 2.32. The summed E-state index contributed by atoms with van der Waals surface area (Å²) in [7, 11) is 0. The van der Waals surface area contributed by atoms with Crippen molar-refractivity contribution < 1.29 is 19.0 Å². The first-order chi connectivity index (χ1) is 15.5. The number of benzene rings is 3. The van der Waals surface area contributed by atoms with E-state index in [1.54, 1.807) is 37.3 Å². The molecule has 0 radical (unpaired) electrons. The maximum absolute atomic E-state index is 11.8. The van der Waals surface area contributed by atoms with Gasteiger partial charge in [0.2, 0.25) is 0 Å². The molecule has 0 unspecified atom stereocenters. The van der Waals surface area contributed by atoms with Crippen LogP contribution in [0.1, 0.15) is 35.3 Å². The molecule has 0 amide bonds. The lowest BCUT2D eigenvalue weighted by Crippen LogP contribution is -2.05. The van der Waals surface area contributed by atoms with E-state index >= 15 is 0 Å². The van der Waals surface area contributed by atoms with Crippen LogP contribution in [0.15, 0.2) is 60.7 Å². The van der Waals surface area contributed by atoms with Gasteiger partial charge in [-0.15, -0.1) is 0 Å². The number of halogens is 2. The van der Waals surface area contributed by atoms with Gasteiger partial charge in [0.1, 0.15) is 6.61 Å². The molecule has 0 fully saturated rings. The van der Waals surface area contributed by atoms with Crippen molar-refractivity contribution in [1.82, 2.24) is 0 Å². The number of esters is 1. The molecule has 7 heteroatoms. The summed E-state index contributed by atoms with van der Waals surface area (Å²) in [4.78, 5) is 11.8. The van der Waals surface area contributed by atoms with Crippen LogP contribution in [0, 0.1) is 0 Å². The van der Waals surface area contributed by atoms with Crippen LogP contribution in [-0.4, -0.2) is 19.2 Å². The molecule has 0 aliphatic carbocycles. The smallest absolute Gasteiger partial charge is 0.338 e. The van der Waals surface area contributed by atoms with Gasteiger partial charge in [-0.25, -0.2) is 4.79 Å². The molecule has 0 atom stereocenters. The van der Waals surface area contributed by atoms with Crippen molar-refractivity contribution in [3.63, 3.8) is 0 Å². The first-order valence-electron chi connectivity index (χ1n) is 10.3. The van der Waals surface area contributed by atoms with E-state index in [-0.39, 0.29) is 12.6 Å². The number of carbonyl (C=O) groups excluding carboxylic acids is 1. The number of ether oxygens (including phenoxy) is 3. The topological polar surface area (TPSA) is 56.8 Å². The number of anilines is 1. The maximum Gasteiger partial charge on any atom is 0.338 e. The van der Waals surface area contributed by atoms with Crippen molar-refractivity contribution in [1.29, 1.82) is 0 Å². The second kappa shape index (κ2) is 11.7. The van der Waals surface area contributed by atoms with Crippen molar-refractivity contribution in [3.8, 4) is 11.5 Å². The summed E-state index contributed by atoms with van der Waals surface area (Å²) in [5.41, 5.74) is 3.17. The SMILES string of the molecule is CCOC(=O)c1ccc(NCc2ccc(OCc3c(Cl)cccc3Cl)c(OCC)c2)cc1. The fourth-order valence-electron chi connectivity index (χ4n) is 3.01. The zero-order chi connectivity index (χ0) is 22.9. The molecule has 1 N–H and O–H groups in total. The molecule has 0 aliphatic heterocycles. The van der Waals surface area contributed by atoms with Gasteiger partial charge in [-0.3, -0.25) is 0 Å². The third-order valence-electron chi connectivity index (χ3n) is 4.63. The van der Waals surface area contributed by atoms with Gasteiger partial charge in [0.15, 0.2) is 11.5 Å². The molecule has 0 aliphatic rings. The first kappa shape index (κ1) is 23.8. The van der Waals surface area contributed by atoms with E-state index in [0.717, 1.165) is 16.8 Å². The molecule has 5 nitrogen and oxygen atoms in total. The van der Waals surface area contributed by atoms with Crippen molar-refractivity contribution in [2.45, 2.75) is 27.0 Å². The molecule has 0 spiro atoms. The van der Waals surface area contributed by atoms with Crippen molar-refractivity contribution in [3.05, 3.63) is 87.4 Å². The van der Waals surface area contributed by atoms with Gasteiger partial charge in [0.25, 0.3) is 0 Å². The summed E-state index contributed by atoms with van der Waals surface area (Å²) in [5.74, 6) is 0.937. The summed E-state index contributed by atoms with van der Waals surface area (Å²) in [6.07, 6.45) is 0. The van der Waals surface area contributed by atoms with E-state index in [1.165, 1.54) is 0 Å². The molecule has 3 rings (SSSR count). The average Bonchev–Trinajstić information content (AvgIpc) is 2.79. The minimum absolute atomic E-state index is 0.239. The minimum atomic E-state index is -0.325. The molecule has 3 aromatic carbocycles. The second-order valence-electron chi connectivity index (χ2n) is 6.85. The Balaban J connectivity index is 1.65. The van der Waals surface area contributed by atoms with Gasteiger partial charge in [0, 0.05) is 27.8 Å². The zero-order valence-corrected chi connectivity index (χ0v) is 19.5. The largest absolute Gasteiger partial charge is 0.490 e. The van der Waals surface area contributed by atoms with Crippen molar-refractivity contribution >= 4 is 34.9 Å². The summed E-state index contributed by atoms with van der Waals surface area (Å²) >= 11 is 12.5. The summed E-state index contributed by atoms with van der Waals surface area (Å²) in [6, 6.07) is 18.3. The first-order valence-corrected chi connectivity index (χ1v) is 11.1. The summed E-state index contributed by atoms with van der Waals surface area (Å²) in [5, 5.41) is 4.46. The molecule has 3 aromatic rings. The van der Waals surface area contributed by atoms with Crippen LogP contribution in [0.2, 0.25) is 10.0 Å². The molecule has 0 heterocycles. The zero-order valence-electron chi connectivity index (χ0n) is 18.0. The lowest BCUT2D eigenvalue weighted by atomic mass is 10.1. The fourth-order valence-corrected chi connectivity index (χ4v) is 3.52. The predicted octanol–water partition coefficient (Wildman–Crippen LogP) is 6.76. The normalized spacial score (nSPS) is 10.5. The van der Waals surface area contributed by atoms with Gasteiger partial charge in [0.05, 0.1) is 18.8 Å². The number of nitrogens with one attached hydrogen (secondary N) is 1. The van der Waals surface area contributed by atoms with Crippen molar-refractivity contribution in [2.75, 3.05) is 18.5 Å². The van der Waals surface area contributed by atoms with Gasteiger partial charge in [-0.05, 0) is 67.9 Å². The number of carbonyl (C=O) groups is 1. The molecule has 32 heavy (non-hydrogen) atoms. The van der Waals surface area contributed by atoms with Gasteiger partial charge >= 0.3 is 5.97 Å². The Bertz CT molecular complexity index is 1030. The molecular weight excluding hydrogens is 449 g/mol. The Morgan fingerprint density at radius 3 is 2.25 bits per heavy atom. The Kier molecular flexibility index (Phi) is 8.65. The van der Waals surface area contributed by atoms with Crippen LogP contribution < -0.4 is 14.8 Å². The highest BCUT2D eigenvalue weighted by Gasteiger charge is 2.11. The quantitative estimate of drug-likeness (QED) is 0.329. The number of hydrogen-bond donors (Lipinski definition) is 1. The lowest BCUT2D eigenvalue weighted by molar-refractivity contribution is 0.0526. The van der Waals surface area contributed by atoms with E-state index in [1.807, 2.05) is 37.3 Å². The Morgan fingerprint density at radius 1 is 0.875 bits per heavy atom. The molecule has 0 saturated carbocycles. The maximum atomic E-state index is 11.8. The van der Waals surface area contributed by atoms with E-state index in [4.69, 9.17) is 37.4 Å². The van der Waals surface area contributed by atoms with Crippen LogP contribution in [-0.2, 0) is 17.9 Å². The van der Waals surface area contributed by atoms with Crippen LogP contribution >= 0.6 is 23.2 Å². The van der Waals surface area contributed by atoms with E-state index < -0.39 is 0 Å². The van der Waals surface area contributed by atoms with Crippen LogP contribution in [0.25, 0.3) is 0 Å². The summed E-state index contributed by atoms with van der Waals surface area (Å²) in [6.45, 7) is 5.39. The minimum Gasteiger partial charge on any atom is -0.490 e. The molecule has 168 valence electrons. The van der Waals surface area contributed by atoms with Crippen LogP contribution in [0.4, 0.5) is 5.69 Å². The second-order valence-corrected chi connectivity index (χ2v) is 7.67. The van der Waals surface area contributed by atoms with Gasteiger partial charge in [-0.2, -0.15) is 0 Å². The van der Waals surface area contributed by atoms with E-state index in [2.05, 4.69) is 5.32 Å². The van der Waals surface area contributed by atoms with Gasteiger partial charge < -0.3 is 19.5 Å². The van der Waals surface area contributed by atoms with E-state index in [9.17, 15) is 4.79 Å². The standard InChI is InChI=1S/C25H25Cl2NO4/c1-3-30-24-14-17(15-28-19-11-9-18(10-12-19)25(29)31-4-2)8-13-23(24)32-16-20-21(26)6-5-7-22(20)27/h5-14,28H,3-4,15-16H2,1-2H3. The van der Waals surface area contributed by atoms with Crippen LogP contribution in [0.3, 0.4) is 0 Å². The van der Waals surface area contributed by atoms with Crippen molar-refractivity contribution in [2.24, 2.45) is 0 Å². The molecule has 0 bridgehead atoms. The highest BCUT2D eigenvalue weighted by atomic mass is 35.5. The average molecular weight is 474 g/mol. The number of hydrogen-bond acceptors (Lipinski definition) is 5. The fraction of sp³-hybridized carbons (Fsp3) is 0.240. The van der Waals surface area contributed by atoms with E-state index in [0.29, 0.717) is 46.9 Å². The highest BCUT2D eigenvalue weighted by molar-refractivity contribution is 6.35. The Hall–Kier alpha value is -2.89. The predicted molar refractivity (Wildman–Crippen MR) is 128 cm³/mol. The number of rotatable bonds is 10. The van der Waals surface area contributed by atoms with Crippen LogP contribution in [0.5, 0.6) is 11.5 Å². The Morgan fingerprint density at radius 2 is 1.59 bits per heavy atom. The third-order valence-corrected chi connectivity index (χ3v) is 5.34.